The number of aliphatic carboxylic acids is 1. The van der Waals surface area contributed by atoms with Crippen LogP contribution in [0.2, 0.25) is 0 Å². The zero-order chi connectivity index (χ0) is 21.3. The molecule has 0 aromatic heterocycles. The molecule has 0 aliphatic rings. The Morgan fingerprint density at radius 2 is 1.44 bits per heavy atom. The van der Waals surface area contributed by atoms with Gasteiger partial charge >= 0.3 is 5.97 Å². The number of amides is 3. The zero-order valence-electron chi connectivity index (χ0n) is 15.9. The number of hydrogen-bond acceptors (Lipinski definition) is 7. The van der Waals surface area contributed by atoms with Gasteiger partial charge in [0, 0.05) is 5.75 Å². The average molecular weight is 407 g/mol. The summed E-state index contributed by atoms with van der Waals surface area (Å²) >= 11 is 3.90. The number of carbonyl (C=O) groups excluding carboxylic acids is 3. The topological polar surface area (TPSA) is 171 Å². The van der Waals surface area contributed by atoms with Gasteiger partial charge in [0.2, 0.25) is 17.7 Å². The summed E-state index contributed by atoms with van der Waals surface area (Å²) in [4.78, 5) is 47.8. The smallest absolute Gasteiger partial charge is 0.325 e. The van der Waals surface area contributed by atoms with Crippen LogP contribution in [0, 0.1) is 5.92 Å². The van der Waals surface area contributed by atoms with Gasteiger partial charge in [-0.2, -0.15) is 12.6 Å². The van der Waals surface area contributed by atoms with Crippen molar-refractivity contribution in [2.75, 3.05) is 5.75 Å². The summed E-state index contributed by atoms with van der Waals surface area (Å²) in [7, 11) is 0. The summed E-state index contributed by atoms with van der Waals surface area (Å²) in [5, 5.41) is 25.9. The quantitative estimate of drug-likeness (QED) is 0.199. The lowest BCUT2D eigenvalue weighted by atomic mass is 9.97. The third-order valence-electron chi connectivity index (χ3n) is 4.12. The summed E-state index contributed by atoms with van der Waals surface area (Å²) in [6.45, 7) is 6.12. The van der Waals surface area contributed by atoms with Crippen molar-refractivity contribution in [3.05, 3.63) is 0 Å². The molecule has 7 N–H and O–H groups in total. The largest absolute Gasteiger partial charge is 0.480 e. The Morgan fingerprint density at radius 1 is 0.963 bits per heavy atom. The molecule has 0 aromatic carbocycles. The summed E-state index contributed by atoms with van der Waals surface area (Å²) in [6.07, 6.45) is -0.726. The molecule has 0 heterocycles. The highest BCUT2D eigenvalue weighted by atomic mass is 32.1. The molecule has 10 nitrogen and oxygen atoms in total. The number of aliphatic hydroxyl groups is 1. The second-order valence-corrected chi connectivity index (χ2v) is 6.82. The lowest BCUT2D eigenvalue weighted by molar-refractivity contribution is -0.142. The lowest BCUT2D eigenvalue weighted by Gasteiger charge is -2.28. The Kier molecular flexibility index (Phi) is 11.0. The van der Waals surface area contributed by atoms with E-state index in [2.05, 4.69) is 28.6 Å². The lowest BCUT2D eigenvalue weighted by Crippen LogP contribution is -2.60. The number of nitrogens with one attached hydrogen (secondary N) is 3. The first kappa shape index (κ1) is 25.1. The average Bonchev–Trinajstić information content (AvgIpc) is 2.61. The van der Waals surface area contributed by atoms with Crippen LogP contribution in [0.5, 0.6) is 0 Å². The van der Waals surface area contributed by atoms with Crippen molar-refractivity contribution in [1.29, 1.82) is 0 Å². The van der Waals surface area contributed by atoms with Crippen LogP contribution in [0.15, 0.2) is 0 Å². The van der Waals surface area contributed by atoms with E-state index in [4.69, 9.17) is 10.8 Å². The summed E-state index contributed by atoms with van der Waals surface area (Å²) in [5.74, 6) is -3.61. The molecule has 0 fully saturated rings. The van der Waals surface area contributed by atoms with E-state index in [1.165, 1.54) is 13.8 Å². The predicted molar refractivity (Wildman–Crippen MR) is 102 cm³/mol. The third kappa shape index (κ3) is 8.14. The number of thiol groups is 1. The van der Waals surface area contributed by atoms with E-state index in [0.717, 1.165) is 0 Å². The first-order valence-electron chi connectivity index (χ1n) is 8.64. The molecule has 3 amide bonds. The highest BCUT2D eigenvalue weighted by Gasteiger charge is 2.33. The highest BCUT2D eigenvalue weighted by Crippen LogP contribution is 2.09. The van der Waals surface area contributed by atoms with Gasteiger partial charge < -0.3 is 31.9 Å². The third-order valence-corrected chi connectivity index (χ3v) is 4.51. The van der Waals surface area contributed by atoms with Crippen LogP contribution in [-0.2, 0) is 19.2 Å². The van der Waals surface area contributed by atoms with Gasteiger partial charge in [-0.15, -0.1) is 0 Å². The van der Waals surface area contributed by atoms with E-state index in [9.17, 15) is 24.3 Å². The van der Waals surface area contributed by atoms with Gasteiger partial charge in [-0.1, -0.05) is 20.3 Å². The van der Waals surface area contributed by atoms with Crippen LogP contribution in [0.4, 0.5) is 0 Å². The second-order valence-electron chi connectivity index (χ2n) is 6.46. The standard InChI is InChI=1S/C16H30N4O6S/c1-5-7(2)11(14(23)18-8(3)16(25)26)19-15(24)12(9(4)21)20-13(22)10(17)6-27/h7-12,21,27H,5-6,17H2,1-4H3,(H,18,23)(H,19,24)(H,20,22)(H,25,26). The van der Waals surface area contributed by atoms with Gasteiger partial charge in [-0.25, -0.2) is 0 Å². The number of nitrogens with two attached hydrogens (primary N) is 1. The van der Waals surface area contributed by atoms with Crippen molar-refractivity contribution >= 4 is 36.3 Å². The van der Waals surface area contributed by atoms with Gasteiger partial charge in [0.25, 0.3) is 0 Å². The summed E-state index contributed by atoms with van der Waals surface area (Å²) < 4.78 is 0. The fourth-order valence-electron chi connectivity index (χ4n) is 2.06. The van der Waals surface area contributed by atoms with E-state index in [1.807, 2.05) is 0 Å². The number of rotatable bonds is 11. The fraction of sp³-hybridized carbons (Fsp3) is 0.750. The first-order valence-corrected chi connectivity index (χ1v) is 9.27. The maximum atomic E-state index is 12.5. The zero-order valence-corrected chi connectivity index (χ0v) is 16.8. The minimum atomic E-state index is -1.33. The minimum absolute atomic E-state index is 0.0466. The molecule has 0 aliphatic heterocycles. The number of carboxylic acid groups (broad SMARTS) is 1. The summed E-state index contributed by atoms with van der Waals surface area (Å²) in [6, 6.07) is -4.48. The van der Waals surface area contributed by atoms with E-state index in [-0.39, 0.29) is 11.7 Å². The molecule has 156 valence electrons. The normalized spacial score (nSPS) is 17.6. The predicted octanol–water partition coefficient (Wildman–Crippen LogP) is -1.77. The first-order chi connectivity index (χ1) is 12.5. The molecule has 6 unspecified atom stereocenters. The SMILES string of the molecule is CCC(C)C(NC(=O)C(NC(=O)C(N)CS)C(C)O)C(=O)NC(C)C(=O)O. The number of hydrogen-bond donors (Lipinski definition) is 7. The van der Waals surface area contributed by atoms with Crippen LogP contribution >= 0.6 is 12.6 Å². The Morgan fingerprint density at radius 3 is 1.85 bits per heavy atom. The molecule has 0 spiro atoms. The van der Waals surface area contributed by atoms with Crippen molar-refractivity contribution in [1.82, 2.24) is 16.0 Å². The van der Waals surface area contributed by atoms with Crippen molar-refractivity contribution in [3.8, 4) is 0 Å². The van der Waals surface area contributed by atoms with Crippen molar-refractivity contribution in [2.45, 2.75) is 64.4 Å². The molecule has 0 bridgehead atoms. The highest BCUT2D eigenvalue weighted by molar-refractivity contribution is 7.80. The fourth-order valence-corrected chi connectivity index (χ4v) is 2.22. The molecule has 0 radical (unpaired) electrons. The van der Waals surface area contributed by atoms with Crippen LogP contribution in [0.25, 0.3) is 0 Å². The van der Waals surface area contributed by atoms with Gasteiger partial charge in [0.1, 0.15) is 18.1 Å². The maximum Gasteiger partial charge on any atom is 0.325 e. The van der Waals surface area contributed by atoms with Crippen LogP contribution in [0.3, 0.4) is 0 Å². The molecule has 0 saturated carbocycles. The van der Waals surface area contributed by atoms with E-state index in [1.54, 1.807) is 13.8 Å². The molecule has 6 atom stereocenters. The Bertz CT molecular complexity index is 545. The Hall–Kier alpha value is -1.85. The van der Waals surface area contributed by atoms with Crippen molar-refractivity contribution < 1.29 is 29.4 Å². The van der Waals surface area contributed by atoms with E-state index >= 15 is 0 Å². The molecule has 27 heavy (non-hydrogen) atoms. The molecule has 0 aromatic rings. The minimum Gasteiger partial charge on any atom is -0.480 e. The molecular formula is C16H30N4O6S. The van der Waals surface area contributed by atoms with Gasteiger partial charge in [-0.3, -0.25) is 19.2 Å². The molecular weight excluding hydrogens is 376 g/mol. The van der Waals surface area contributed by atoms with Crippen molar-refractivity contribution in [2.24, 2.45) is 11.7 Å². The monoisotopic (exact) mass is 406 g/mol. The van der Waals surface area contributed by atoms with Gasteiger partial charge in [-0.05, 0) is 19.8 Å². The molecule has 0 saturated heterocycles. The Balaban J connectivity index is 5.30. The van der Waals surface area contributed by atoms with E-state index < -0.39 is 54.0 Å². The van der Waals surface area contributed by atoms with Crippen molar-refractivity contribution in [3.63, 3.8) is 0 Å². The van der Waals surface area contributed by atoms with Gasteiger partial charge in [0.15, 0.2) is 0 Å². The van der Waals surface area contributed by atoms with Crippen LogP contribution in [0.1, 0.15) is 34.1 Å². The van der Waals surface area contributed by atoms with Crippen LogP contribution in [-0.4, -0.2) is 69.9 Å². The summed E-state index contributed by atoms with van der Waals surface area (Å²) in [5.41, 5.74) is 5.55. The molecule has 0 aliphatic carbocycles. The second kappa shape index (κ2) is 11.8. The number of carbonyl (C=O) groups is 4. The Labute approximate surface area is 164 Å². The maximum absolute atomic E-state index is 12.5. The number of aliphatic hydroxyl groups excluding tert-OH is 1. The number of carboxylic acids is 1. The van der Waals surface area contributed by atoms with Crippen LogP contribution < -0.4 is 21.7 Å². The molecule has 0 rings (SSSR count). The van der Waals surface area contributed by atoms with Gasteiger partial charge in [0.05, 0.1) is 12.1 Å². The van der Waals surface area contributed by atoms with E-state index in [0.29, 0.717) is 6.42 Å². The molecule has 11 heteroatoms.